The molecule has 0 saturated carbocycles. The topological polar surface area (TPSA) is 110 Å². The quantitative estimate of drug-likeness (QED) is 0.329. The van der Waals surface area contributed by atoms with Gasteiger partial charge in [-0.25, -0.2) is 4.79 Å². The number of nitrogens with zero attached hydrogens (tertiary/aromatic N) is 2. The summed E-state index contributed by atoms with van der Waals surface area (Å²) in [6.07, 6.45) is 1.18. The number of pyridine rings is 1. The SMILES string of the molecule is [B]C([B])([B])C([B])([B])C(C(=O)Nc1ccc(C(=O)OC(C)(C)C)cc1)n1cc(OC)c(-c2cc(Cl)ccc2C#N)cc1=O. The molecule has 0 fully saturated rings. The number of carbonyl (C=O) groups is 2. The second-order valence-corrected chi connectivity index (χ2v) is 11.1. The lowest BCUT2D eigenvalue weighted by molar-refractivity contribution is -0.119. The van der Waals surface area contributed by atoms with Gasteiger partial charge in [-0.1, -0.05) is 16.8 Å². The second-order valence-electron chi connectivity index (χ2n) is 10.6. The van der Waals surface area contributed by atoms with Crippen LogP contribution in [0.2, 0.25) is 15.3 Å². The molecule has 1 aromatic heterocycles. The highest BCUT2D eigenvalue weighted by atomic mass is 35.5. The van der Waals surface area contributed by atoms with Crippen LogP contribution in [0.5, 0.6) is 5.75 Å². The zero-order chi connectivity index (χ0) is 31.6. The fourth-order valence-electron chi connectivity index (χ4n) is 3.99. The first kappa shape index (κ1) is 32.7. The van der Waals surface area contributed by atoms with Gasteiger partial charge < -0.3 is 19.4 Å². The molecule has 1 unspecified atom stereocenters. The Hall–Kier alpha value is -3.77. The Kier molecular flexibility index (Phi) is 9.53. The third kappa shape index (κ3) is 7.17. The highest BCUT2D eigenvalue weighted by Crippen LogP contribution is 2.48. The van der Waals surface area contributed by atoms with Gasteiger partial charge in [-0.05, 0) is 63.2 Å². The van der Waals surface area contributed by atoms with Crippen LogP contribution in [0.25, 0.3) is 11.1 Å². The van der Waals surface area contributed by atoms with Crippen LogP contribution in [0, 0.1) is 11.3 Å². The van der Waals surface area contributed by atoms with Crippen LogP contribution >= 0.6 is 11.6 Å². The highest BCUT2D eigenvalue weighted by molar-refractivity contribution is 6.67. The van der Waals surface area contributed by atoms with Crippen molar-refractivity contribution in [3.05, 3.63) is 81.2 Å². The van der Waals surface area contributed by atoms with E-state index in [-0.39, 0.29) is 28.1 Å². The second kappa shape index (κ2) is 12.2. The minimum Gasteiger partial charge on any atom is -0.495 e. The maximum atomic E-state index is 13.7. The van der Waals surface area contributed by atoms with Crippen LogP contribution in [0.1, 0.15) is 42.7 Å². The van der Waals surface area contributed by atoms with E-state index in [1.165, 1.54) is 55.8 Å². The lowest BCUT2D eigenvalue weighted by atomic mass is 9.21. The third-order valence-corrected chi connectivity index (χ3v) is 6.41. The standard InChI is InChI=1S/C28H23B5ClN3O5/c1-26(2,3)42-25(40)15-6-9-18(10-7-15)36-24(39)23(27(29,30)28(31,32)33)37-14-21(41-4)20(12-22(37)38)19-11-17(34)8-5-16(19)13-35/h5-12,14,23H,1-4H3,(H,36,39). The first-order chi connectivity index (χ1) is 19.4. The number of aromatic nitrogens is 1. The summed E-state index contributed by atoms with van der Waals surface area (Å²) in [6, 6.07) is 11.7. The van der Waals surface area contributed by atoms with Crippen LogP contribution in [-0.2, 0) is 9.53 Å². The van der Waals surface area contributed by atoms with Crippen molar-refractivity contribution >= 4 is 68.4 Å². The summed E-state index contributed by atoms with van der Waals surface area (Å²) in [7, 11) is 31.4. The van der Waals surface area contributed by atoms with E-state index >= 15 is 0 Å². The summed E-state index contributed by atoms with van der Waals surface area (Å²) >= 11 is 6.14. The summed E-state index contributed by atoms with van der Waals surface area (Å²) in [5.74, 6) is -1.40. The van der Waals surface area contributed by atoms with Crippen LogP contribution in [0.15, 0.2) is 59.5 Å². The Morgan fingerprint density at radius 3 is 2.14 bits per heavy atom. The number of hydrogen-bond acceptors (Lipinski definition) is 6. The zero-order valence-corrected chi connectivity index (χ0v) is 24.2. The molecule has 42 heavy (non-hydrogen) atoms. The summed E-state index contributed by atoms with van der Waals surface area (Å²) in [5.41, 5.74) is -0.266. The summed E-state index contributed by atoms with van der Waals surface area (Å²) in [4.78, 5) is 39.5. The average molecular weight is 571 g/mol. The molecule has 8 nitrogen and oxygen atoms in total. The molecule has 3 rings (SSSR count). The summed E-state index contributed by atoms with van der Waals surface area (Å²) < 4.78 is 11.7. The maximum Gasteiger partial charge on any atom is 0.338 e. The van der Waals surface area contributed by atoms with Gasteiger partial charge in [0.25, 0.3) is 5.56 Å². The van der Waals surface area contributed by atoms with E-state index in [0.29, 0.717) is 10.6 Å². The van der Waals surface area contributed by atoms with Gasteiger partial charge in [0.05, 0.1) is 46.2 Å². The van der Waals surface area contributed by atoms with Crippen LogP contribution in [0.3, 0.4) is 0 Å². The number of anilines is 1. The molecule has 10 radical (unpaired) electrons. The number of methoxy groups -OCH3 is 1. The predicted molar refractivity (Wildman–Crippen MR) is 166 cm³/mol. The Morgan fingerprint density at radius 1 is 1.00 bits per heavy atom. The van der Waals surface area contributed by atoms with Gasteiger partial charge in [-0.3, -0.25) is 9.59 Å². The van der Waals surface area contributed by atoms with Gasteiger partial charge in [0.1, 0.15) is 17.4 Å². The number of benzene rings is 2. The third-order valence-electron chi connectivity index (χ3n) is 6.17. The molecule has 0 aliphatic heterocycles. The lowest BCUT2D eigenvalue weighted by Gasteiger charge is -2.47. The number of nitriles is 1. The van der Waals surface area contributed by atoms with E-state index in [1.54, 1.807) is 20.8 Å². The first-order valence-electron chi connectivity index (χ1n) is 12.5. The minimum absolute atomic E-state index is 0.0698. The molecular formula is C28H23B5ClN3O5. The Morgan fingerprint density at radius 2 is 1.62 bits per heavy atom. The van der Waals surface area contributed by atoms with E-state index in [2.05, 4.69) is 5.32 Å². The average Bonchev–Trinajstić information content (AvgIpc) is 2.88. The normalized spacial score (nSPS) is 12.6. The smallest absolute Gasteiger partial charge is 0.338 e. The molecule has 1 heterocycles. The molecule has 1 atom stereocenters. The van der Waals surface area contributed by atoms with Gasteiger partial charge >= 0.3 is 5.97 Å². The van der Waals surface area contributed by atoms with Crippen molar-refractivity contribution in [3.8, 4) is 22.9 Å². The maximum absolute atomic E-state index is 13.7. The molecule has 1 N–H and O–H groups in total. The van der Waals surface area contributed by atoms with E-state index in [1.807, 2.05) is 6.07 Å². The molecule has 0 aliphatic rings. The molecule has 0 aliphatic carbocycles. The highest BCUT2D eigenvalue weighted by Gasteiger charge is 2.43. The number of amides is 1. The van der Waals surface area contributed by atoms with Crippen LogP contribution < -0.4 is 15.6 Å². The van der Waals surface area contributed by atoms with Crippen molar-refractivity contribution < 1.29 is 19.1 Å². The fourth-order valence-corrected chi connectivity index (χ4v) is 4.16. The molecule has 0 spiro atoms. The lowest BCUT2D eigenvalue weighted by Crippen LogP contribution is -2.47. The van der Waals surface area contributed by atoms with Crippen molar-refractivity contribution in [3.63, 3.8) is 0 Å². The molecule has 3 aromatic rings. The van der Waals surface area contributed by atoms with Crippen molar-refractivity contribution in [2.45, 2.75) is 42.7 Å². The van der Waals surface area contributed by atoms with E-state index in [4.69, 9.17) is 60.3 Å². The molecule has 1 amide bonds. The summed E-state index contributed by atoms with van der Waals surface area (Å²) in [6.45, 7) is 5.20. The van der Waals surface area contributed by atoms with Gasteiger partial charge in [-0.15, -0.1) is 5.11 Å². The van der Waals surface area contributed by atoms with Crippen molar-refractivity contribution in [1.29, 1.82) is 5.26 Å². The molecular weight excluding hydrogens is 548 g/mol. The number of hydrogen-bond donors (Lipinski definition) is 1. The number of halogens is 1. The molecule has 202 valence electrons. The van der Waals surface area contributed by atoms with Gasteiger partial charge in [-0.2, -0.15) is 5.26 Å². The number of esters is 1. The Labute approximate surface area is 256 Å². The largest absolute Gasteiger partial charge is 0.495 e. The van der Waals surface area contributed by atoms with E-state index in [9.17, 15) is 19.6 Å². The monoisotopic (exact) mass is 571 g/mol. The first-order valence-corrected chi connectivity index (χ1v) is 12.9. The fraction of sp³-hybridized carbons (Fsp3) is 0.286. The molecule has 0 saturated heterocycles. The number of ether oxygens (including phenoxy) is 2. The number of rotatable bonds is 8. The zero-order valence-electron chi connectivity index (χ0n) is 23.5. The van der Waals surface area contributed by atoms with Crippen molar-refractivity contribution in [2.24, 2.45) is 0 Å². The van der Waals surface area contributed by atoms with Gasteiger partial charge in [0.15, 0.2) is 0 Å². The van der Waals surface area contributed by atoms with E-state index < -0.39 is 39.4 Å². The minimum atomic E-state index is -2.40. The van der Waals surface area contributed by atoms with Crippen molar-refractivity contribution in [2.75, 3.05) is 12.4 Å². The molecule has 2 aromatic carbocycles. The Bertz CT molecular complexity index is 1610. The van der Waals surface area contributed by atoms with Crippen LogP contribution in [0.4, 0.5) is 5.69 Å². The van der Waals surface area contributed by atoms with Crippen molar-refractivity contribution in [1.82, 2.24) is 4.57 Å². The van der Waals surface area contributed by atoms with Crippen LogP contribution in [-0.4, -0.2) is 68.4 Å². The van der Waals surface area contributed by atoms with Gasteiger partial charge in [0, 0.05) is 51.4 Å². The predicted octanol–water partition coefficient (Wildman–Crippen LogP) is 3.22. The Balaban J connectivity index is 2.09. The number of carbonyl (C=O) groups excluding carboxylic acids is 2. The summed E-state index contributed by atoms with van der Waals surface area (Å²) in [5, 5.41) is 7.72. The van der Waals surface area contributed by atoms with E-state index in [0.717, 1.165) is 10.6 Å². The molecule has 0 bridgehead atoms. The molecule has 14 heteroatoms. The van der Waals surface area contributed by atoms with Gasteiger partial charge in [0.2, 0.25) is 5.91 Å². The number of nitrogens with one attached hydrogen (secondary N) is 1.